The van der Waals surface area contributed by atoms with Crippen LogP contribution in [0.3, 0.4) is 0 Å². The van der Waals surface area contributed by atoms with Gasteiger partial charge in [0.15, 0.2) is 0 Å². The second-order valence-corrected chi connectivity index (χ2v) is 2.50. The van der Waals surface area contributed by atoms with E-state index >= 15 is 0 Å². The van der Waals surface area contributed by atoms with Gasteiger partial charge >= 0.3 is 5.97 Å². The topological polar surface area (TPSA) is 26.3 Å². The number of hydrogen-bond donors (Lipinski definition) is 0. The number of ether oxygens (including phenoxy) is 1. The van der Waals surface area contributed by atoms with Crippen molar-refractivity contribution in [3.63, 3.8) is 0 Å². The average Bonchev–Trinajstić information content (AvgIpc) is 1.98. The molecular formula is C9H14O2. The molecule has 0 saturated heterocycles. The zero-order valence-corrected chi connectivity index (χ0v) is 7.26. The van der Waals surface area contributed by atoms with Crippen molar-refractivity contribution >= 4 is 5.97 Å². The monoisotopic (exact) mass is 154 g/mol. The van der Waals surface area contributed by atoms with E-state index in [1.54, 1.807) is 12.2 Å². The summed E-state index contributed by atoms with van der Waals surface area (Å²) in [4.78, 5) is 11.0. The molecule has 0 aromatic heterocycles. The van der Waals surface area contributed by atoms with Crippen LogP contribution in [0.15, 0.2) is 24.3 Å². The van der Waals surface area contributed by atoms with Gasteiger partial charge in [-0.25, -0.2) is 4.79 Å². The molecule has 0 saturated carbocycles. The van der Waals surface area contributed by atoms with Crippen molar-refractivity contribution in [2.45, 2.75) is 13.8 Å². The van der Waals surface area contributed by atoms with Gasteiger partial charge in [0, 0.05) is 5.57 Å². The van der Waals surface area contributed by atoms with Crippen molar-refractivity contribution < 1.29 is 9.53 Å². The van der Waals surface area contributed by atoms with Crippen LogP contribution in [-0.2, 0) is 9.53 Å². The number of allylic oxidation sites excluding steroid dienone is 2. The zero-order chi connectivity index (χ0) is 8.85. The molecule has 0 N–H and O–H groups in total. The van der Waals surface area contributed by atoms with Gasteiger partial charge < -0.3 is 4.74 Å². The van der Waals surface area contributed by atoms with Gasteiger partial charge in [0.25, 0.3) is 0 Å². The van der Waals surface area contributed by atoms with E-state index in [0.717, 1.165) is 0 Å². The van der Waals surface area contributed by atoms with Crippen LogP contribution in [0.5, 0.6) is 0 Å². The van der Waals surface area contributed by atoms with E-state index in [-0.39, 0.29) is 11.9 Å². The second kappa shape index (κ2) is 4.72. The highest BCUT2D eigenvalue weighted by molar-refractivity contribution is 5.89. The highest BCUT2D eigenvalue weighted by Crippen LogP contribution is 2.10. The van der Waals surface area contributed by atoms with E-state index in [1.165, 1.54) is 7.11 Å². The third kappa shape index (κ3) is 3.03. The number of methoxy groups -OCH3 is 1. The minimum atomic E-state index is -0.278. The predicted octanol–water partition coefficient (Wildman–Crippen LogP) is 1.93. The van der Waals surface area contributed by atoms with E-state index in [2.05, 4.69) is 11.3 Å². The average molecular weight is 154 g/mol. The van der Waals surface area contributed by atoms with Gasteiger partial charge in [-0.3, -0.25) is 0 Å². The van der Waals surface area contributed by atoms with Crippen LogP contribution < -0.4 is 0 Å². The third-order valence-electron chi connectivity index (χ3n) is 1.34. The first kappa shape index (κ1) is 9.95. The van der Waals surface area contributed by atoms with Crippen molar-refractivity contribution in [1.82, 2.24) is 0 Å². The molecule has 0 atom stereocenters. The quantitative estimate of drug-likeness (QED) is 0.352. The Balaban J connectivity index is 4.47. The largest absolute Gasteiger partial charge is 0.466 e. The molecule has 62 valence electrons. The highest BCUT2D eigenvalue weighted by atomic mass is 16.5. The molecule has 0 unspecified atom stereocenters. The molecule has 0 amide bonds. The Labute approximate surface area is 67.6 Å². The maximum Gasteiger partial charge on any atom is 0.333 e. The van der Waals surface area contributed by atoms with Gasteiger partial charge in [0.05, 0.1) is 7.11 Å². The fraction of sp³-hybridized carbons (Fsp3) is 0.444. The summed E-state index contributed by atoms with van der Waals surface area (Å²) in [5, 5.41) is 0. The Kier molecular flexibility index (Phi) is 4.27. The maximum absolute atomic E-state index is 11.0. The summed E-state index contributed by atoms with van der Waals surface area (Å²) < 4.78 is 4.57. The van der Waals surface area contributed by atoms with Crippen LogP contribution in [0.25, 0.3) is 0 Å². The SMILES string of the molecule is C=C/C=C(\C(=O)OC)C(C)C. The Bertz CT molecular complexity index is 178. The smallest absolute Gasteiger partial charge is 0.333 e. The van der Waals surface area contributed by atoms with Crippen molar-refractivity contribution in [1.29, 1.82) is 0 Å². The van der Waals surface area contributed by atoms with Crippen molar-refractivity contribution in [2.24, 2.45) is 5.92 Å². The van der Waals surface area contributed by atoms with E-state index in [0.29, 0.717) is 5.57 Å². The summed E-state index contributed by atoms with van der Waals surface area (Å²) in [6.07, 6.45) is 3.27. The molecule has 0 bridgehead atoms. The fourth-order valence-corrected chi connectivity index (χ4v) is 0.741. The first-order chi connectivity index (χ1) is 5.13. The Morgan fingerprint density at radius 1 is 1.55 bits per heavy atom. The highest BCUT2D eigenvalue weighted by Gasteiger charge is 2.11. The zero-order valence-electron chi connectivity index (χ0n) is 7.26. The lowest BCUT2D eigenvalue weighted by molar-refractivity contribution is -0.136. The second-order valence-electron chi connectivity index (χ2n) is 2.50. The summed E-state index contributed by atoms with van der Waals surface area (Å²) in [6.45, 7) is 7.39. The van der Waals surface area contributed by atoms with Gasteiger partial charge in [-0.1, -0.05) is 32.6 Å². The molecule has 2 nitrogen and oxygen atoms in total. The van der Waals surface area contributed by atoms with Crippen LogP contribution in [0.4, 0.5) is 0 Å². The lowest BCUT2D eigenvalue weighted by Gasteiger charge is -2.06. The minimum absolute atomic E-state index is 0.181. The molecule has 0 aliphatic rings. The van der Waals surface area contributed by atoms with Gasteiger partial charge in [0.2, 0.25) is 0 Å². The summed E-state index contributed by atoms with van der Waals surface area (Å²) in [7, 11) is 1.38. The predicted molar refractivity (Wildman–Crippen MR) is 45.1 cm³/mol. The summed E-state index contributed by atoms with van der Waals surface area (Å²) in [5.41, 5.74) is 0.655. The first-order valence-corrected chi connectivity index (χ1v) is 3.54. The summed E-state index contributed by atoms with van der Waals surface area (Å²) in [5.74, 6) is -0.0969. The van der Waals surface area contributed by atoms with E-state index in [1.807, 2.05) is 13.8 Å². The number of rotatable bonds is 3. The molecule has 11 heavy (non-hydrogen) atoms. The van der Waals surface area contributed by atoms with Crippen LogP contribution in [0.1, 0.15) is 13.8 Å². The molecule has 0 aliphatic heterocycles. The van der Waals surface area contributed by atoms with Gasteiger partial charge in [-0.15, -0.1) is 0 Å². The fourth-order valence-electron chi connectivity index (χ4n) is 0.741. The molecular weight excluding hydrogens is 140 g/mol. The molecule has 0 heterocycles. The molecule has 0 fully saturated rings. The van der Waals surface area contributed by atoms with E-state index in [9.17, 15) is 4.79 Å². The summed E-state index contributed by atoms with van der Waals surface area (Å²) >= 11 is 0. The first-order valence-electron chi connectivity index (χ1n) is 3.54. The number of carbonyl (C=O) groups excluding carboxylic acids is 1. The number of carbonyl (C=O) groups is 1. The Hall–Kier alpha value is -1.05. The van der Waals surface area contributed by atoms with Crippen molar-refractivity contribution in [2.75, 3.05) is 7.11 Å². The molecule has 0 aromatic rings. The Morgan fingerprint density at radius 3 is 2.36 bits per heavy atom. The standard InChI is InChI=1S/C9H14O2/c1-5-6-8(7(2)3)9(10)11-4/h5-7H,1H2,2-4H3/b8-6-. The molecule has 2 heteroatoms. The number of esters is 1. The van der Waals surface area contributed by atoms with Gasteiger partial charge in [-0.2, -0.15) is 0 Å². The molecule has 0 aromatic carbocycles. The maximum atomic E-state index is 11.0. The molecule has 0 spiro atoms. The normalized spacial score (nSPS) is 11.5. The van der Waals surface area contributed by atoms with Gasteiger partial charge in [0.1, 0.15) is 0 Å². The minimum Gasteiger partial charge on any atom is -0.466 e. The van der Waals surface area contributed by atoms with Crippen LogP contribution in [-0.4, -0.2) is 13.1 Å². The summed E-state index contributed by atoms with van der Waals surface area (Å²) in [6, 6.07) is 0. The third-order valence-corrected chi connectivity index (χ3v) is 1.34. The Morgan fingerprint density at radius 2 is 2.09 bits per heavy atom. The van der Waals surface area contributed by atoms with Crippen LogP contribution in [0, 0.1) is 5.92 Å². The molecule has 0 radical (unpaired) electrons. The van der Waals surface area contributed by atoms with E-state index < -0.39 is 0 Å². The van der Waals surface area contributed by atoms with Crippen molar-refractivity contribution in [3.05, 3.63) is 24.3 Å². The van der Waals surface area contributed by atoms with Crippen molar-refractivity contribution in [3.8, 4) is 0 Å². The molecule has 0 rings (SSSR count). The lowest BCUT2D eigenvalue weighted by Crippen LogP contribution is -2.09. The number of hydrogen-bond acceptors (Lipinski definition) is 2. The van der Waals surface area contributed by atoms with Gasteiger partial charge in [-0.05, 0) is 5.92 Å². The van der Waals surface area contributed by atoms with E-state index in [4.69, 9.17) is 0 Å². The molecule has 0 aliphatic carbocycles. The van der Waals surface area contributed by atoms with Crippen LogP contribution in [0.2, 0.25) is 0 Å². The van der Waals surface area contributed by atoms with Crippen LogP contribution >= 0.6 is 0 Å². The lowest BCUT2D eigenvalue weighted by atomic mass is 10.0.